The van der Waals surface area contributed by atoms with E-state index in [0.717, 1.165) is 0 Å². The normalized spacial score (nSPS) is 12.6. The molecule has 0 amide bonds. The molecule has 0 spiro atoms. The lowest BCUT2D eigenvalue weighted by atomic mass is 10.0. The summed E-state index contributed by atoms with van der Waals surface area (Å²) in [4.78, 5) is 34.1. The number of ketones is 2. The van der Waals surface area contributed by atoms with Gasteiger partial charge in [0.15, 0.2) is 17.6 Å². The molecule has 0 aromatic heterocycles. The summed E-state index contributed by atoms with van der Waals surface area (Å²) >= 11 is 0. The van der Waals surface area contributed by atoms with Gasteiger partial charge < -0.3 is 5.11 Å². The summed E-state index contributed by atoms with van der Waals surface area (Å²) in [5, 5.41) is 16.4. The highest BCUT2D eigenvalue weighted by Crippen LogP contribution is 2.15. The van der Waals surface area contributed by atoms with E-state index in [-0.39, 0.29) is 29.5 Å². The van der Waals surface area contributed by atoms with E-state index in [9.17, 15) is 14.4 Å². The van der Waals surface area contributed by atoms with Crippen molar-refractivity contribution in [2.45, 2.75) is 33.2 Å². The molecule has 1 rings (SSSR count). The summed E-state index contributed by atoms with van der Waals surface area (Å²) in [6.07, 6.45) is 0.265. The summed E-state index contributed by atoms with van der Waals surface area (Å²) in [6.45, 7) is 5.07. The lowest BCUT2D eigenvalue weighted by Gasteiger charge is -2.08. The number of Topliss-reactive ketones (excluding diaryl/α,β-unsaturated/α-hetero) is 2. The van der Waals surface area contributed by atoms with Gasteiger partial charge >= 0.3 is 5.97 Å². The molecule has 1 unspecified atom stereocenters. The van der Waals surface area contributed by atoms with Crippen molar-refractivity contribution in [1.82, 2.24) is 0 Å². The number of aromatic carboxylic acids is 1. The van der Waals surface area contributed by atoms with Crippen LogP contribution in [0.25, 0.3) is 0 Å². The topological polar surface area (TPSA) is 96.2 Å². The maximum atomic E-state index is 11.9. The zero-order valence-corrected chi connectivity index (χ0v) is 12.2. The van der Waals surface area contributed by atoms with Crippen molar-refractivity contribution in [3.05, 3.63) is 29.8 Å². The Morgan fingerprint density at radius 3 is 2.14 bits per heavy atom. The van der Waals surface area contributed by atoms with Crippen molar-refractivity contribution >= 4 is 23.2 Å². The van der Waals surface area contributed by atoms with E-state index < -0.39 is 12.0 Å². The minimum atomic E-state index is -1.09. The van der Waals surface area contributed by atoms with Crippen molar-refractivity contribution in [1.29, 1.82) is 0 Å². The molecule has 0 bridgehead atoms. The minimum Gasteiger partial charge on any atom is -0.478 e. The van der Waals surface area contributed by atoms with Crippen LogP contribution in [0.1, 0.15) is 37.6 Å². The van der Waals surface area contributed by atoms with Crippen LogP contribution in [-0.4, -0.2) is 28.7 Å². The van der Waals surface area contributed by atoms with Crippen LogP contribution in [0.3, 0.4) is 0 Å². The van der Waals surface area contributed by atoms with E-state index in [1.54, 1.807) is 0 Å². The van der Waals surface area contributed by atoms with Gasteiger partial charge in [0.25, 0.3) is 0 Å². The van der Waals surface area contributed by atoms with Gasteiger partial charge in [0.1, 0.15) is 0 Å². The maximum Gasteiger partial charge on any atom is 0.335 e. The molecule has 0 aliphatic rings. The Kier molecular flexibility index (Phi) is 5.90. The Morgan fingerprint density at radius 1 is 1.14 bits per heavy atom. The quantitative estimate of drug-likeness (QED) is 0.616. The number of azo groups is 1. The molecule has 0 aliphatic carbocycles. The van der Waals surface area contributed by atoms with Crippen LogP contribution in [0.15, 0.2) is 34.5 Å². The summed E-state index contributed by atoms with van der Waals surface area (Å²) in [5.41, 5.74) is 0.525. The molecule has 6 heteroatoms. The first kappa shape index (κ1) is 16.7. The average Bonchev–Trinajstić information content (AvgIpc) is 2.38. The Labute approximate surface area is 122 Å². The van der Waals surface area contributed by atoms with Gasteiger partial charge in [0.2, 0.25) is 0 Å². The monoisotopic (exact) mass is 290 g/mol. The Hall–Kier alpha value is -2.37. The number of hydrogen-bond donors (Lipinski definition) is 1. The largest absolute Gasteiger partial charge is 0.478 e. The van der Waals surface area contributed by atoms with Crippen molar-refractivity contribution in [3.8, 4) is 0 Å². The standard InChI is InChI=1S/C15H18N2O4/c1-9(2)8-13(19)14(10(3)18)17-16-12-6-4-11(5-7-12)15(20)21/h4-7,9,14H,8H2,1-3H3,(H,20,21). The lowest BCUT2D eigenvalue weighted by molar-refractivity contribution is -0.128. The van der Waals surface area contributed by atoms with Gasteiger partial charge in [0, 0.05) is 6.42 Å². The van der Waals surface area contributed by atoms with Gasteiger partial charge in [-0.05, 0) is 37.1 Å². The van der Waals surface area contributed by atoms with Gasteiger partial charge in [-0.1, -0.05) is 13.8 Å². The highest BCUT2D eigenvalue weighted by atomic mass is 16.4. The van der Waals surface area contributed by atoms with E-state index in [0.29, 0.717) is 5.69 Å². The van der Waals surface area contributed by atoms with Gasteiger partial charge in [-0.2, -0.15) is 10.2 Å². The minimum absolute atomic E-state index is 0.132. The summed E-state index contributed by atoms with van der Waals surface area (Å²) < 4.78 is 0. The van der Waals surface area contributed by atoms with Gasteiger partial charge in [-0.25, -0.2) is 4.79 Å². The fourth-order valence-corrected chi connectivity index (χ4v) is 1.68. The van der Waals surface area contributed by atoms with E-state index in [4.69, 9.17) is 5.11 Å². The predicted molar refractivity (Wildman–Crippen MR) is 76.8 cm³/mol. The molecule has 0 saturated heterocycles. The Balaban J connectivity index is 2.85. The highest BCUT2D eigenvalue weighted by molar-refractivity contribution is 6.05. The molecule has 6 nitrogen and oxygen atoms in total. The molecule has 0 aliphatic heterocycles. The van der Waals surface area contributed by atoms with Gasteiger partial charge in [0.05, 0.1) is 11.3 Å². The average molecular weight is 290 g/mol. The molecule has 112 valence electrons. The molecule has 0 heterocycles. The molecule has 1 aromatic carbocycles. The van der Waals surface area contributed by atoms with Crippen LogP contribution in [0.5, 0.6) is 0 Å². The molecule has 1 atom stereocenters. The number of carboxylic acids is 1. The van der Waals surface area contributed by atoms with Crippen molar-refractivity contribution in [3.63, 3.8) is 0 Å². The molecule has 1 N–H and O–H groups in total. The molecule has 1 aromatic rings. The fourth-order valence-electron chi connectivity index (χ4n) is 1.68. The van der Waals surface area contributed by atoms with Crippen LogP contribution < -0.4 is 0 Å². The first-order valence-electron chi connectivity index (χ1n) is 6.58. The van der Waals surface area contributed by atoms with E-state index in [1.165, 1.54) is 31.2 Å². The predicted octanol–water partition coefficient (Wildman–Crippen LogP) is 3.04. The molecule has 0 radical (unpaired) electrons. The summed E-state index contributed by atoms with van der Waals surface area (Å²) in [7, 11) is 0. The molecule has 0 fully saturated rings. The number of nitrogens with zero attached hydrogens (tertiary/aromatic N) is 2. The zero-order chi connectivity index (χ0) is 16.0. The van der Waals surface area contributed by atoms with Crippen molar-refractivity contribution in [2.75, 3.05) is 0 Å². The molecule has 0 saturated carbocycles. The van der Waals surface area contributed by atoms with Crippen molar-refractivity contribution < 1.29 is 19.5 Å². The van der Waals surface area contributed by atoms with Gasteiger partial charge in [-0.15, -0.1) is 0 Å². The zero-order valence-electron chi connectivity index (χ0n) is 12.2. The Bertz CT molecular complexity index is 562. The summed E-state index contributed by atoms with van der Waals surface area (Å²) in [5.74, 6) is -1.51. The van der Waals surface area contributed by atoms with Crippen LogP contribution in [0.2, 0.25) is 0 Å². The van der Waals surface area contributed by atoms with Gasteiger partial charge in [-0.3, -0.25) is 9.59 Å². The number of rotatable bonds is 7. The van der Waals surface area contributed by atoms with Crippen LogP contribution >= 0.6 is 0 Å². The number of carbonyl (C=O) groups is 3. The maximum absolute atomic E-state index is 11.9. The second kappa shape index (κ2) is 7.42. The van der Waals surface area contributed by atoms with E-state index >= 15 is 0 Å². The van der Waals surface area contributed by atoms with Crippen LogP contribution in [-0.2, 0) is 9.59 Å². The number of carboxylic acid groups (broad SMARTS) is 1. The van der Waals surface area contributed by atoms with Crippen LogP contribution in [0.4, 0.5) is 5.69 Å². The van der Waals surface area contributed by atoms with Crippen molar-refractivity contribution in [2.24, 2.45) is 16.1 Å². The lowest BCUT2D eigenvalue weighted by Crippen LogP contribution is -2.26. The van der Waals surface area contributed by atoms with Crippen LogP contribution in [0, 0.1) is 5.92 Å². The first-order chi connectivity index (χ1) is 9.81. The number of benzene rings is 1. The molecular formula is C15H18N2O4. The smallest absolute Gasteiger partial charge is 0.335 e. The first-order valence-corrected chi connectivity index (χ1v) is 6.58. The second-order valence-electron chi connectivity index (χ2n) is 5.14. The summed E-state index contributed by atoms with van der Waals surface area (Å²) in [6, 6.07) is 4.62. The molecule has 21 heavy (non-hydrogen) atoms. The van der Waals surface area contributed by atoms with E-state index in [2.05, 4.69) is 10.2 Å². The number of carbonyl (C=O) groups excluding carboxylic acids is 2. The Morgan fingerprint density at radius 2 is 1.71 bits per heavy atom. The fraction of sp³-hybridized carbons (Fsp3) is 0.400. The third-order valence-electron chi connectivity index (χ3n) is 2.70. The highest BCUT2D eigenvalue weighted by Gasteiger charge is 2.23. The second-order valence-corrected chi connectivity index (χ2v) is 5.14. The number of hydrogen-bond acceptors (Lipinski definition) is 5. The third kappa shape index (κ3) is 5.25. The molecular weight excluding hydrogens is 272 g/mol. The van der Waals surface area contributed by atoms with E-state index in [1.807, 2.05) is 13.8 Å². The SMILES string of the molecule is CC(=O)C(N=Nc1ccc(C(=O)O)cc1)C(=O)CC(C)C. The third-order valence-corrected chi connectivity index (χ3v) is 2.70.